The van der Waals surface area contributed by atoms with Gasteiger partial charge in [-0.15, -0.1) is 0 Å². The summed E-state index contributed by atoms with van der Waals surface area (Å²) in [5, 5.41) is 5.57. The summed E-state index contributed by atoms with van der Waals surface area (Å²) in [5.74, 6) is 0.758. The molecule has 3 N–H and O–H groups in total. The van der Waals surface area contributed by atoms with Crippen LogP contribution in [0, 0.1) is 0 Å². The Labute approximate surface area is 178 Å². The number of nitrogens with two attached hydrogens (primary N) is 1. The normalized spacial score (nSPS) is 23.9. The van der Waals surface area contributed by atoms with Crippen molar-refractivity contribution in [3.05, 3.63) is 48.0 Å². The van der Waals surface area contributed by atoms with Crippen LogP contribution in [0.4, 0.5) is 0 Å². The Morgan fingerprint density at radius 3 is 2.86 bits per heavy atom. The molecule has 6 heteroatoms. The third kappa shape index (κ3) is 4.52. The molecule has 2 fully saturated rings. The number of thiol groups is 1. The first-order valence-corrected chi connectivity index (χ1v) is 11.2. The Morgan fingerprint density at radius 2 is 2.07 bits per heavy atom. The topological polar surface area (TPSA) is 67.6 Å². The van der Waals surface area contributed by atoms with Crippen LogP contribution in [0.2, 0.25) is 0 Å². The van der Waals surface area contributed by atoms with Gasteiger partial charge in [0.25, 0.3) is 0 Å². The summed E-state index contributed by atoms with van der Waals surface area (Å²) in [5.41, 5.74) is 6.39. The zero-order valence-electron chi connectivity index (χ0n) is 16.8. The van der Waals surface area contributed by atoms with E-state index in [1.54, 1.807) is 0 Å². The van der Waals surface area contributed by atoms with E-state index in [-0.39, 0.29) is 11.8 Å². The van der Waals surface area contributed by atoms with Gasteiger partial charge in [0.05, 0.1) is 11.6 Å². The number of benzene rings is 2. The number of fused-ring (bicyclic) bond motifs is 1. The SMILES string of the molecule is N[C@@H](CS)CN1CCNC[C@@]1(CCOC1CC1)C(=O)c1cccc2ccccc12. The van der Waals surface area contributed by atoms with Gasteiger partial charge in [-0.2, -0.15) is 12.6 Å². The Hall–Kier alpha value is -1.44. The molecule has 2 aliphatic rings. The van der Waals surface area contributed by atoms with Crippen molar-refractivity contribution in [1.29, 1.82) is 0 Å². The fourth-order valence-corrected chi connectivity index (χ4v) is 4.44. The molecular weight excluding hydrogens is 382 g/mol. The second kappa shape index (κ2) is 9.14. The minimum atomic E-state index is -0.655. The number of carbonyl (C=O) groups excluding carboxylic acids is 1. The summed E-state index contributed by atoms with van der Waals surface area (Å²) in [6.07, 6.45) is 3.31. The zero-order valence-corrected chi connectivity index (χ0v) is 17.7. The fraction of sp³-hybridized carbons (Fsp3) is 0.522. The van der Waals surface area contributed by atoms with Gasteiger partial charge in [-0.3, -0.25) is 9.69 Å². The van der Waals surface area contributed by atoms with Crippen LogP contribution in [0.15, 0.2) is 42.5 Å². The molecular formula is C23H31N3O2S. The van der Waals surface area contributed by atoms with E-state index in [2.05, 4.69) is 35.0 Å². The lowest BCUT2D eigenvalue weighted by Gasteiger charge is -2.47. The molecule has 2 atom stereocenters. The van der Waals surface area contributed by atoms with Gasteiger partial charge in [0, 0.05) is 50.1 Å². The quantitative estimate of drug-likeness (QED) is 0.435. The van der Waals surface area contributed by atoms with Gasteiger partial charge in [0.15, 0.2) is 5.78 Å². The molecule has 0 amide bonds. The minimum absolute atomic E-state index is 0.0690. The molecule has 1 aliphatic carbocycles. The number of rotatable bonds is 9. The summed E-state index contributed by atoms with van der Waals surface area (Å²) in [6, 6.07) is 14.0. The number of Topliss-reactive ketones (excluding diaryl/α,β-unsaturated/α-hetero) is 1. The fourth-order valence-electron chi connectivity index (χ4n) is 4.33. The van der Waals surface area contributed by atoms with Crippen LogP contribution < -0.4 is 11.1 Å². The molecule has 2 aromatic rings. The molecule has 29 heavy (non-hydrogen) atoms. The van der Waals surface area contributed by atoms with Gasteiger partial charge in [-0.1, -0.05) is 42.5 Å². The summed E-state index contributed by atoms with van der Waals surface area (Å²) < 4.78 is 5.98. The van der Waals surface area contributed by atoms with E-state index in [4.69, 9.17) is 10.5 Å². The van der Waals surface area contributed by atoms with Gasteiger partial charge in [0.1, 0.15) is 0 Å². The molecule has 4 rings (SSSR count). The predicted octanol–water partition coefficient (Wildman–Crippen LogP) is 2.49. The van der Waals surface area contributed by atoms with Crippen LogP contribution >= 0.6 is 12.6 Å². The molecule has 0 radical (unpaired) electrons. The zero-order chi connectivity index (χ0) is 20.3. The predicted molar refractivity (Wildman–Crippen MR) is 121 cm³/mol. The molecule has 1 heterocycles. The van der Waals surface area contributed by atoms with Crippen molar-refractivity contribution in [2.45, 2.75) is 36.9 Å². The van der Waals surface area contributed by atoms with E-state index in [0.29, 0.717) is 38.0 Å². The number of carbonyl (C=O) groups is 1. The van der Waals surface area contributed by atoms with E-state index in [1.165, 1.54) is 0 Å². The summed E-state index contributed by atoms with van der Waals surface area (Å²) >= 11 is 4.37. The van der Waals surface area contributed by atoms with E-state index >= 15 is 0 Å². The van der Waals surface area contributed by atoms with Crippen LogP contribution in [0.5, 0.6) is 0 Å². The lowest BCUT2D eigenvalue weighted by Crippen LogP contribution is -2.67. The average molecular weight is 414 g/mol. The summed E-state index contributed by atoms with van der Waals surface area (Å²) in [7, 11) is 0. The number of hydrogen-bond acceptors (Lipinski definition) is 6. The van der Waals surface area contributed by atoms with Crippen LogP contribution in [0.1, 0.15) is 29.6 Å². The van der Waals surface area contributed by atoms with Gasteiger partial charge >= 0.3 is 0 Å². The van der Waals surface area contributed by atoms with Crippen LogP contribution in [0.3, 0.4) is 0 Å². The Balaban J connectivity index is 1.70. The lowest BCUT2D eigenvalue weighted by molar-refractivity contribution is 0.0166. The van der Waals surface area contributed by atoms with Crippen LogP contribution in [-0.2, 0) is 4.74 Å². The molecule has 1 saturated heterocycles. The number of nitrogens with zero attached hydrogens (tertiary/aromatic N) is 1. The Kier molecular flexibility index (Phi) is 6.56. The monoisotopic (exact) mass is 413 g/mol. The van der Waals surface area contributed by atoms with Gasteiger partial charge < -0.3 is 15.8 Å². The maximum atomic E-state index is 14.1. The molecule has 1 saturated carbocycles. The number of ether oxygens (including phenoxy) is 1. The number of ketones is 1. The van der Waals surface area contributed by atoms with Gasteiger partial charge in [-0.25, -0.2) is 0 Å². The lowest BCUT2D eigenvalue weighted by atomic mass is 9.81. The Bertz CT molecular complexity index is 852. The molecule has 0 spiro atoms. The van der Waals surface area contributed by atoms with E-state index in [1.807, 2.05) is 30.3 Å². The largest absolute Gasteiger partial charge is 0.378 e. The first kappa shape index (κ1) is 20.8. The van der Waals surface area contributed by atoms with Crippen molar-refractivity contribution >= 4 is 29.2 Å². The number of nitrogens with one attached hydrogen (secondary N) is 1. The number of hydrogen-bond donors (Lipinski definition) is 3. The highest BCUT2D eigenvalue weighted by atomic mass is 32.1. The molecule has 0 aromatic heterocycles. The van der Waals surface area contributed by atoms with Gasteiger partial charge in [-0.05, 0) is 30.0 Å². The van der Waals surface area contributed by atoms with Crippen LogP contribution in [-0.4, -0.2) is 66.9 Å². The second-order valence-corrected chi connectivity index (χ2v) is 8.64. The van der Waals surface area contributed by atoms with E-state index in [9.17, 15) is 4.79 Å². The van der Waals surface area contributed by atoms with Crippen molar-refractivity contribution in [1.82, 2.24) is 10.2 Å². The van der Waals surface area contributed by atoms with Crippen molar-refractivity contribution in [3.8, 4) is 0 Å². The van der Waals surface area contributed by atoms with Crippen molar-refractivity contribution in [2.75, 3.05) is 38.5 Å². The van der Waals surface area contributed by atoms with Crippen molar-refractivity contribution < 1.29 is 9.53 Å². The maximum Gasteiger partial charge on any atom is 0.185 e. The first-order chi connectivity index (χ1) is 14.1. The third-order valence-corrected chi connectivity index (χ3v) is 6.59. The standard InChI is InChI=1S/C23H31N3O2S/c24-18(15-29)14-26-12-11-25-16-23(26,10-13-28-19-8-9-19)22(27)21-7-3-5-17-4-1-2-6-20(17)21/h1-7,18-19,25,29H,8-16,24H2/t18-,23+/m1/s1. The Morgan fingerprint density at radius 1 is 1.28 bits per heavy atom. The molecule has 156 valence electrons. The van der Waals surface area contributed by atoms with Gasteiger partial charge in [0.2, 0.25) is 0 Å². The van der Waals surface area contributed by atoms with E-state index in [0.717, 1.165) is 42.3 Å². The molecule has 0 unspecified atom stereocenters. The average Bonchev–Trinajstić information content (AvgIpc) is 3.58. The number of piperazine rings is 1. The van der Waals surface area contributed by atoms with Crippen molar-refractivity contribution in [3.63, 3.8) is 0 Å². The highest BCUT2D eigenvalue weighted by Gasteiger charge is 2.46. The molecule has 2 aromatic carbocycles. The summed E-state index contributed by atoms with van der Waals surface area (Å²) in [6.45, 7) is 3.51. The molecule has 0 bridgehead atoms. The molecule has 1 aliphatic heterocycles. The van der Waals surface area contributed by atoms with Crippen molar-refractivity contribution in [2.24, 2.45) is 5.73 Å². The highest BCUT2D eigenvalue weighted by Crippen LogP contribution is 2.32. The highest BCUT2D eigenvalue weighted by molar-refractivity contribution is 7.80. The van der Waals surface area contributed by atoms with Crippen LogP contribution in [0.25, 0.3) is 10.8 Å². The minimum Gasteiger partial charge on any atom is -0.378 e. The third-order valence-electron chi connectivity index (χ3n) is 6.12. The molecule has 5 nitrogen and oxygen atoms in total. The second-order valence-electron chi connectivity index (χ2n) is 8.27. The maximum absolute atomic E-state index is 14.1. The van der Waals surface area contributed by atoms with E-state index < -0.39 is 5.54 Å². The summed E-state index contributed by atoms with van der Waals surface area (Å²) in [4.78, 5) is 16.4. The first-order valence-electron chi connectivity index (χ1n) is 10.6. The smallest absolute Gasteiger partial charge is 0.185 e.